The summed E-state index contributed by atoms with van der Waals surface area (Å²) < 4.78 is 42.2. The molecule has 1 saturated heterocycles. The molecule has 2 aliphatic rings. The molecule has 0 amide bonds. The summed E-state index contributed by atoms with van der Waals surface area (Å²) in [6, 6.07) is 0. The topological polar surface area (TPSA) is 41.5 Å². The van der Waals surface area contributed by atoms with Crippen molar-refractivity contribution in [3.05, 3.63) is 24.1 Å². The van der Waals surface area contributed by atoms with Crippen molar-refractivity contribution < 1.29 is 23.0 Å². The first-order chi connectivity index (χ1) is 9.45. The second kappa shape index (κ2) is 8.44. The number of allylic oxidation sites excluding steroid dienone is 4. The van der Waals surface area contributed by atoms with Crippen molar-refractivity contribution in [1.82, 2.24) is 5.32 Å². The van der Waals surface area contributed by atoms with E-state index in [-0.39, 0.29) is 11.7 Å². The Hall–Kier alpha value is -0.850. The summed E-state index contributed by atoms with van der Waals surface area (Å²) >= 11 is 0. The molecule has 0 aromatic rings. The van der Waals surface area contributed by atoms with Gasteiger partial charge in [-0.15, -0.1) is 0 Å². The lowest BCUT2D eigenvalue weighted by Gasteiger charge is -2.28. The maximum absolute atomic E-state index is 12.7. The Morgan fingerprint density at radius 1 is 1.40 bits per heavy atom. The lowest BCUT2D eigenvalue weighted by Crippen LogP contribution is -2.42. The van der Waals surface area contributed by atoms with Crippen molar-refractivity contribution in [1.29, 1.82) is 0 Å². The molecule has 0 bridgehead atoms. The van der Waals surface area contributed by atoms with Crippen LogP contribution in [0.2, 0.25) is 0 Å². The molecule has 2 rings (SSSR count). The highest BCUT2D eigenvalue weighted by atomic mass is 19.1. The van der Waals surface area contributed by atoms with Crippen LogP contribution in [0.1, 0.15) is 13.3 Å². The van der Waals surface area contributed by atoms with Gasteiger partial charge in [-0.3, -0.25) is 0 Å². The number of nitrogens with one attached hydrogen (secondary N) is 1. The summed E-state index contributed by atoms with van der Waals surface area (Å²) in [6.07, 6.45) is 1.62. The number of aliphatic hydroxyl groups excluding tert-OH is 1. The van der Waals surface area contributed by atoms with Crippen molar-refractivity contribution in [3.63, 3.8) is 0 Å². The molecule has 20 heavy (non-hydrogen) atoms. The fourth-order valence-electron chi connectivity index (χ4n) is 2.05. The third kappa shape index (κ3) is 5.26. The standard InChI is InChI=1S/C7H8F2.C7H14FNO2/c1-5-6(8)3-2-4-7(5)9;1-11-7(10)5-2-6(8)4-9-3-5/h2-6H,1H3;5-7,9-10H,2-4H2,1H3. The largest absolute Gasteiger partial charge is 0.368 e. The molecule has 0 aromatic heterocycles. The van der Waals surface area contributed by atoms with E-state index in [2.05, 4.69) is 10.1 Å². The smallest absolute Gasteiger partial charge is 0.158 e. The summed E-state index contributed by atoms with van der Waals surface area (Å²) in [4.78, 5) is 0. The van der Waals surface area contributed by atoms with Crippen molar-refractivity contribution in [2.75, 3.05) is 20.2 Å². The van der Waals surface area contributed by atoms with Crippen LogP contribution in [0.3, 0.4) is 0 Å². The van der Waals surface area contributed by atoms with Crippen LogP contribution < -0.4 is 5.32 Å². The average Bonchev–Trinajstić information content (AvgIpc) is 2.44. The predicted molar refractivity (Wildman–Crippen MR) is 71.3 cm³/mol. The van der Waals surface area contributed by atoms with Crippen molar-refractivity contribution >= 4 is 0 Å². The van der Waals surface area contributed by atoms with Crippen molar-refractivity contribution in [2.24, 2.45) is 11.8 Å². The maximum atomic E-state index is 12.7. The Kier molecular flexibility index (Phi) is 7.26. The maximum Gasteiger partial charge on any atom is 0.158 e. The first-order valence-electron chi connectivity index (χ1n) is 6.69. The zero-order valence-corrected chi connectivity index (χ0v) is 11.7. The van der Waals surface area contributed by atoms with E-state index in [1.165, 1.54) is 32.3 Å². The average molecular weight is 293 g/mol. The highest BCUT2D eigenvalue weighted by molar-refractivity contribution is 5.18. The lowest BCUT2D eigenvalue weighted by molar-refractivity contribution is -0.121. The fraction of sp³-hybridized carbons (Fsp3) is 0.714. The molecule has 5 atom stereocenters. The monoisotopic (exact) mass is 293 g/mol. The molecule has 1 aliphatic heterocycles. The molecule has 1 heterocycles. The Bertz CT molecular complexity index is 349. The van der Waals surface area contributed by atoms with E-state index >= 15 is 0 Å². The van der Waals surface area contributed by atoms with Crippen LogP contribution in [0, 0.1) is 11.8 Å². The minimum atomic E-state index is -1.14. The molecule has 1 fully saturated rings. The third-order valence-electron chi connectivity index (χ3n) is 3.44. The van der Waals surface area contributed by atoms with Gasteiger partial charge in [-0.05, 0) is 18.6 Å². The number of ether oxygens (including phenoxy) is 1. The van der Waals surface area contributed by atoms with Gasteiger partial charge in [-0.2, -0.15) is 0 Å². The van der Waals surface area contributed by atoms with Gasteiger partial charge in [0.15, 0.2) is 6.29 Å². The zero-order chi connectivity index (χ0) is 15.1. The highest BCUT2D eigenvalue weighted by Crippen LogP contribution is 2.23. The number of hydrogen-bond acceptors (Lipinski definition) is 3. The minimum absolute atomic E-state index is 0.108. The van der Waals surface area contributed by atoms with E-state index in [0.717, 1.165) is 0 Å². The van der Waals surface area contributed by atoms with Gasteiger partial charge < -0.3 is 15.2 Å². The molecule has 2 N–H and O–H groups in total. The summed E-state index contributed by atoms with van der Waals surface area (Å²) in [7, 11) is 1.42. The van der Waals surface area contributed by atoms with Gasteiger partial charge in [0.25, 0.3) is 0 Å². The number of methoxy groups -OCH3 is 1. The predicted octanol–water partition coefficient (Wildman–Crippen LogP) is 2.28. The van der Waals surface area contributed by atoms with Crippen LogP contribution in [0.25, 0.3) is 0 Å². The molecule has 6 heteroatoms. The van der Waals surface area contributed by atoms with Gasteiger partial charge in [0.05, 0.1) is 0 Å². The van der Waals surface area contributed by atoms with E-state index in [9.17, 15) is 18.3 Å². The van der Waals surface area contributed by atoms with Crippen LogP contribution in [0.4, 0.5) is 13.2 Å². The summed E-state index contributed by atoms with van der Waals surface area (Å²) in [5.41, 5.74) is 0. The number of piperidine rings is 1. The van der Waals surface area contributed by atoms with Gasteiger partial charge in [0.2, 0.25) is 0 Å². The summed E-state index contributed by atoms with van der Waals surface area (Å²) in [6.45, 7) is 2.56. The Morgan fingerprint density at radius 2 is 2.10 bits per heavy atom. The van der Waals surface area contributed by atoms with Gasteiger partial charge in [-0.25, -0.2) is 13.2 Å². The Balaban J connectivity index is 0.000000204. The Labute approximate surface area is 117 Å². The van der Waals surface area contributed by atoms with Crippen LogP contribution in [0.15, 0.2) is 24.1 Å². The normalized spacial score (nSPS) is 34.8. The van der Waals surface area contributed by atoms with Gasteiger partial charge in [0, 0.05) is 32.0 Å². The summed E-state index contributed by atoms with van der Waals surface area (Å²) in [5.74, 6) is -1.07. The first-order valence-corrected chi connectivity index (χ1v) is 6.69. The van der Waals surface area contributed by atoms with Crippen LogP contribution >= 0.6 is 0 Å². The van der Waals surface area contributed by atoms with E-state index in [4.69, 9.17) is 0 Å². The molecule has 1 aliphatic carbocycles. The molecule has 0 saturated carbocycles. The minimum Gasteiger partial charge on any atom is -0.368 e. The van der Waals surface area contributed by atoms with Gasteiger partial charge in [-0.1, -0.05) is 13.0 Å². The molecule has 116 valence electrons. The van der Waals surface area contributed by atoms with Crippen LogP contribution in [-0.4, -0.2) is 43.9 Å². The molecule has 0 spiro atoms. The number of halogens is 3. The number of alkyl halides is 2. The highest BCUT2D eigenvalue weighted by Gasteiger charge is 2.26. The molecule has 0 aromatic carbocycles. The molecule has 3 nitrogen and oxygen atoms in total. The van der Waals surface area contributed by atoms with Crippen LogP contribution in [0.5, 0.6) is 0 Å². The van der Waals surface area contributed by atoms with Crippen molar-refractivity contribution in [3.8, 4) is 0 Å². The molecular weight excluding hydrogens is 271 g/mol. The van der Waals surface area contributed by atoms with Gasteiger partial charge >= 0.3 is 0 Å². The second-order valence-corrected chi connectivity index (χ2v) is 5.05. The molecule has 0 radical (unpaired) electrons. The third-order valence-corrected chi connectivity index (χ3v) is 3.44. The molecular formula is C14H22F3NO2. The van der Waals surface area contributed by atoms with Crippen LogP contribution in [-0.2, 0) is 4.74 Å². The number of aliphatic hydroxyl groups is 1. The molecule has 5 unspecified atom stereocenters. The lowest BCUT2D eigenvalue weighted by atomic mass is 9.98. The zero-order valence-electron chi connectivity index (χ0n) is 11.7. The SMILES string of the molecule is CC1C(F)=CC=CC1F.COC(O)C1CNCC(F)C1. The van der Waals surface area contributed by atoms with E-state index in [1.807, 2.05) is 0 Å². The summed E-state index contributed by atoms with van der Waals surface area (Å²) in [5, 5.41) is 12.1. The Morgan fingerprint density at radius 3 is 2.60 bits per heavy atom. The first kappa shape index (κ1) is 17.2. The van der Waals surface area contributed by atoms with E-state index < -0.39 is 24.6 Å². The quantitative estimate of drug-likeness (QED) is 0.768. The van der Waals surface area contributed by atoms with E-state index in [0.29, 0.717) is 19.5 Å². The number of rotatable bonds is 2. The number of hydrogen-bond donors (Lipinski definition) is 2. The second-order valence-electron chi connectivity index (χ2n) is 5.05. The fourth-order valence-corrected chi connectivity index (χ4v) is 2.05. The van der Waals surface area contributed by atoms with Gasteiger partial charge in [0.1, 0.15) is 18.2 Å². The van der Waals surface area contributed by atoms with E-state index in [1.54, 1.807) is 0 Å². The van der Waals surface area contributed by atoms with Crippen molar-refractivity contribution in [2.45, 2.75) is 32.0 Å².